The van der Waals surface area contributed by atoms with Crippen molar-refractivity contribution < 1.29 is 9.53 Å². The van der Waals surface area contributed by atoms with Crippen molar-refractivity contribution in [3.63, 3.8) is 0 Å². The van der Waals surface area contributed by atoms with E-state index >= 15 is 0 Å². The minimum Gasteiger partial charge on any atom is -0.468 e. The van der Waals surface area contributed by atoms with Gasteiger partial charge in [0.1, 0.15) is 5.54 Å². The number of hydrogen-bond acceptors (Lipinski definition) is 4. The molecule has 1 fully saturated rings. The molecule has 1 N–H and O–H groups in total. The second kappa shape index (κ2) is 7.39. The molecule has 3 unspecified atom stereocenters. The Balaban J connectivity index is 2.52. The Morgan fingerprint density at radius 2 is 2.28 bits per heavy atom. The number of rotatable bonds is 7. The lowest BCUT2D eigenvalue weighted by molar-refractivity contribution is -0.148. The molecule has 3 atom stereocenters. The molecule has 1 aliphatic rings. The fourth-order valence-electron chi connectivity index (χ4n) is 2.51. The normalized spacial score (nSPS) is 29.2. The molecule has 4 heteroatoms. The Kier molecular flexibility index (Phi) is 6.50. The van der Waals surface area contributed by atoms with Crippen molar-refractivity contribution in [1.29, 1.82) is 0 Å². The van der Waals surface area contributed by atoms with E-state index in [0.29, 0.717) is 5.25 Å². The predicted octanol–water partition coefficient (Wildman–Crippen LogP) is 2.84. The molecule has 0 aromatic rings. The molecule has 0 spiro atoms. The van der Waals surface area contributed by atoms with Crippen molar-refractivity contribution in [3.8, 4) is 0 Å². The fourth-order valence-corrected chi connectivity index (χ4v) is 4.04. The molecule has 3 nitrogen and oxygen atoms in total. The molecule has 1 saturated carbocycles. The van der Waals surface area contributed by atoms with Crippen LogP contribution >= 0.6 is 11.8 Å². The lowest BCUT2D eigenvalue weighted by Gasteiger charge is -2.27. The van der Waals surface area contributed by atoms with Gasteiger partial charge in [0.05, 0.1) is 7.11 Å². The van der Waals surface area contributed by atoms with Gasteiger partial charge in [-0.3, -0.25) is 4.79 Å². The van der Waals surface area contributed by atoms with Crippen LogP contribution < -0.4 is 5.32 Å². The summed E-state index contributed by atoms with van der Waals surface area (Å²) in [4.78, 5) is 12.0. The molecule has 0 aromatic carbocycles. The highest BCUT2D eigenvalue weighted by atomic mass is 32.2. The van der Waals surface area contributed by atoms with E-state index in [0.717, 1.165) is 31.7 Å². The molecule has 0 saturated heterocycles. The Bertz CT molecular complexity index is 273. The van der Waals surface area contributed by atoms with Gasteiger partial charge in [-0.1, -0.05) is 27.2 Å². The van der Waals surface area contributed by atoms with Crippen molar-refractivity contribution in [2.24, 2.45) is 5.92 Å². The highest BCUT2D eigenvalue weighted by Gasteiger charge is 2.45. The maximum atomic E-state index is 12.0. The Labute approximate surface area is 115 Å². The van der Waals surface area contributed by atoms with Gasteiger partial charge >= 0.3 is 5.97 Å². The Hall–Kier alpha value is -0.220. The fraction of sp³-hybridized carbons (Fsp3) is 0.929. The molecule has 0 bridgehead atoms. The zero-order chi connectivity index (χ0) is 13.6. The molecule has 0 heterocycles. The number of ether oxygens (including phenoxy) is 1. The SMILES string of the molecule is CCNC1(C(=O)OC)CCC(SCC(C)CC)C1. The first-order valence-electron chi connectivity index (χ1n) is 7.03. The number of esters is 1. The van der Waals surface area contributed by atoms with Gasteiger partial charge in [0, 0.05) is 5.25 Å². The number of hydrogen-bond donors (Lipinski definition) is 1. The highest BCUT2D eigenvalue weighted by molar-refractivity contribution is 7.99. The van der Waals surface area contributed by atoms with Crippen LogP contribution in [0.25, 0.3) is 0 Å². The van der Waals surface area contributed by atoms with Crippen molar-refractivity contribution in [1.82, 2.24) is 5.32 Å². The van der Waals surface area contributed by atoms with Crippen LogP contribution in [-0.4, -0.2) is 36.2 Å². The first-order valence-corrected chi connectivity index (χ1v) is 8.07. The maximum absolute atomic E-state index is 12.0. The molecule has 106 valence electrons. The van der Waals surface area contributed by atoms with Gasteiger partial charge in [-0.25, -0.2) is 0 Å². The summed E-state index contributed by atoms with van der Waals surface area (Å²) < 4.78 is 4.97. The number of nitrogens with one attached hydrogen (secondary N) is 1. The zero-order valence-corrected chi connectivity index (χ0v) is 12.9. The van der Waals surface area contributed by atoms with Crippen LogP contribution in [0.5, 0.6) is 0 Å². The van der Waals surface area contributed by atoms with Gasteiger partial charge in [-0.15, -0.1) is 0 Å². The molecule has 0 radical (unpaired) electrons. The summed E-state index contributed by atoms with van der Waals surface area (Å²) in [6, 6.07) is 0. The van der Waals surface area contributed by atoms with Crippen molar-refractivity contribution in [2.75, 3.05) is 19.4 Å². The molecule has 1 aliphatic carbocycles. The van der Waals surface area contributed by atoms with Gasteiger partial charge < -0.3 is 10.1 Å². The van der Waals surface area contributed by atoms with Crippen LogP contribution in [0.2, 0.25) is 0 Å². The van der Waals surface area contributed by atoms with Crippen LogP contribution in [0.3, 0.4) is 0 Å². The van der Waals surface area contributed by atoms with Gasteiger partial charge in [0.15, 0.2) is 0 Å². The smallest absolute Gasteiger partial charge is 0.326 e. The van der Waals surface area contributed by atoms with Gasteiger partial charge in [0.2, 0.25) is 0 Å². The van der Waals surface area contributed by atoms with E-state index in [1.165, 1.54) is 19.3 Å². The standard InChI is InChI=1S/C14H27NO2S/c1-5-11(3)10-18-12-7-8-14(9-12,15-6-2)13(16)17-4/h11-12,15H,5-10H2,1-4H3. The monoisotopic (exact) mass is 273 g/mol. The van der Waals surface area contributed by atoms with Crippen molar-refractivity contribution >= 4 is 17.7 Å². The average Bonchev–Trinajstić information content (AvgIpc) is 2.80. The van der Waals surface area contributed by atoms with Crippen LogP contribution in [0.15, 0.2) is 0 Å². The Morgan fingerprint density at radius 3 is 2.83 bits per heavy atom. The lowest BCUT2D eigenvalue weighted by atomic mass is 9.98. The van der Waals surface area contributed by atoms with Crippen LogP contribution in [0.1, 0.15) is 46.5 Å². The summed E-state index contributed by atoms with van der Waals surface area (Å²) in [6.07, 6.45) is 4.17. The summed E-state index contributed by atoms with van der Waals surface area (Å²) in [5.41, 5.74) is -0.420. The molecule has 0 aliphatic heterocycles. The highest BCUT2D eigenvalue weighted by Crippen LogP contribution is 2.38. The first-order chi connectivity index (χ1) is 8.57. The first kappa shape index (κ1) is 15.8. The molecule has 0 amide bonds. The molecular weight excluding hydrogens is 246 g/mol. The zero-order valence-electron chi connectivity index (χ0n) is 12.1. The summed E-state index contributed by atoms with van der Waals surface area (Å²) in [5, 5.41) is 3.95. The van der Waals surface area contributed by atoms with E-state index < -0.39 is 5.54 Å². The lowest BCUT2D eigenvalue weighted by Crippen LogP contribution is -2.50. The van der Waals surface area contributed by atoms with E-state index in [-0.39, 0.29) is 5.97 Å². The van der Waals surface area contributed by atoms with Gasteiger partial charge in [0.25, 0.3) is 0 Å². The largest absolute Gasteiger partial charge is 0.468 e. The summed E-state index contributed by atoms with van der Waals surface area (Å²) >= 11 is 2.02. The molecule has 1 rings (SSSR count). The summed E-state index contributed by atoms with van der Waals surface area (Å²) in [7, 11) is 1.49. The quantitative estimate of drug-likeness (QED) is 0.724. The topological polar surface area (TPSA) is 38.3 Å². The third kappa shape index (κ3) is 3.89. The number of likely N-dealkylation sites (N-methyl/N-ethyl adjacent to an activating group) is 1. The molecule has 18 heavy (non-hydrogen) atoms. The van der Waals surface area contributed by atoms with E-state index in [1.54, 1.807) is 0 Å². The number of carbonyl (C=O) groups is 1. The third-order valence-corrected chi connectivity index (χ3v) is 5.51. The number of carbonyl (C=O) groups excluding carboxylic acids is 1. The van der Waals surface area contributed by atoms with Crippen LogP contribution in [0.4, 0.5) is 0 Å². The Morgan fingerprint density at radius 1 is 1.56 bits per heavy atom. The molecular formula is C14H27NO2S. The van der Waals surface area contributed by atoms with Gasteiger partial charge in [-0.2, -0.15) is 11.8 Å². The van der Waals surface area contributed by atoms with E-state index in [4.69, 9.17) is 4.74 Å². The number of thioether (sulfide) groups is 1. The second-order valence-electron chi connectivity index (χ2n) is 5.32. The van der Waals surface area contributed by atoms with Crippen LogP contribution in [-0.2, 0) is 9.53 Å². The van der Waals surface area contributed by atoms with Gasteiger partial charge in [-0.05, 0) is 37.5 Å². The van der Waals surface area contributed by atoms with E-state index in [1.807, 2.05) is 18.7 Å². The van der Waals surface area contributed by atoms with Crippen LogP contribution in [0, 0.1) is 5.92 Å². The van der Waals surface area contributed by atoms with E-state index in [2.05, 4.69) is 19.2 Å². The number of methoxy groups -OCH3 is 1. The minimum atomic E-state index is -0.420. The molecule has 0 aromatic heterocycles. The summed E-state index contributed by atoms with van der Waals surface area (Å²) in [6.45, 7) is 7.39. The minimum absolute atomic E-state index is 0.0870. The predicted molar refractivity (Wildman–Crippen MR) is 78.0 cm³/mol. The summed E-state index contributed by atoms with van der Waals surface area (Å²) in [5.74, 6) is 1.88. The maximum Gasteiger partial charge on any atom is 0.326 e. The van der Waals surface area contributed by atoms with Crippen molar-refractivity contribution in [2.45, 2.75) is 57.2 Å². The average molecular weight is 273 g/mol. The third-order valence-electron chi connectivity index (χ3n) is 3.87. The van der Waals surface area contributed by atoms with E-state index in [9.17, 15) is 4.79 Å². The second-order valence-corrected chi connectivity index (χ2v) is 6.65. The van der Waals surface area contributed by atoms with Crippen molar-refractivity contribution in [3.05, 3.63) is 0 Å².